The van der Waals surface area contributed by atoms with Gasteiger partial charge in [-0.15, -0.1) is 0 Å². The van der Waals surface area contributed by atoms with Gasteiger partial charge in [0, 0.05) is 11.6 Å². The summed E-state index contributed by atoms with van der Waals surface area (Å²) in [6.07, 6.45) is 7.60. The van der Waals surface area contributed by atoms with Crippen molar-refractivity contribution in [2.45, 2.75) is 76.7 Å². The zero-order chi connectivity index (χ0) is 13.6. The highest BCUT2D eigenvalue weighted by atomic mass is 15.3. The zero-order valence-electron chi connectivity index (χ0n) is 12.6. The van der Waals surface area contributed by atoms with E-state index in [9.17, 15) is 0 Å². The van der Waals surface area contributed by atoms with Gasteiger partial charge in [0.25, 0.3) is 0 Å². The highest BCUT2D eigenvalue weighted by Crippen LogP contribution is 2.47. The van der Waals surface area contributed by atoms with Gasteiger partial charge in [0.2, 0.25) is 0 Å². The van der Waals surface area contributed by atoms with Gasteiger partial charge in [-0.1, -0.05) is 0 Å². The van der Waals surface area contributed by atoms with Gasteiger partial charge >= 0.3 is 0 Å². The molecular formula is C16H27N3. The van der Waals surface area contributed by atoms with Crippen LogP contribution >= 0.6 is 0 Å². The molecule has 2 aliphatic carbocycles. The molecule has 19 heavy (non-hydrogen) atoms. The molecule has 3 nitrogen and oxygen atoms in total. The van der Waals surface area contributed by atoms with E-state index in [0.29, 0.717) is 5.92 Å². The lowest BCUT2D eigenvalue weighted by atomic mass is 9.82. The minimum absolute atomic E-state index is 0.0990. The van der Waals surface area contributed by atoms with Gasteiger partial charge in [0.15, 0.2) is 0 Å². The Labute approximate surface area is 116 Å². The van der Waals surface area contributed by atoms with Crippen molar-refractivity contribution < 1.29 is 0 Å². The van der Waals surface area contributed by atoms with Crippen LogP contribution in [0.25, 0.3) is 0 Å². The van der Waals surface area contributed by atoms with Crippen LogP contribution in [0.1, 0.15) is 81.7 Å². The fourth-order valence-electron chi connectivity index (χ4n) is 3.53. The molecule has 0 radical (unpaired) electrons. The average molecular weight is 261 g/mol. The normalized spacial score (nSPS) is 23.5. The van der Waals surface area contributed by atoms with Crippen LogP contribution in [0.15, 0.2) is 0 Å². The van der Waals surface area contributed by atoms with Crippen molar-refractivity contribution in [3.05, 3.63) is 17.0 Å². The molecule has 2 N–H and O–H groups in total. The Hall–Kier alpha value is -0.830. The third-order valence-corrected chi connectivity index (χ3v) is 4.54. The lowest BCUT2D eigenvalue weighted by molar-refractivity contribution is 0.335. The predicted octanol–water partition coefficient (Wildman–Crippen LogP) is 3.28. The average Bonchev–Trinajstić information content (AvgIpc) is 3.09. The van der Waals surface area contributed by atoms with Crippen molar-refractivity contribution in [1.82, 2.24) is 9.78 Å². The quantitative estimate of drug-likeness (QED) is 0.907. The third kappa shape index (κ3) is 2.33. The Morgan fingerprint density at radius 2 is 2.00 bits per heavy atom. The van der Waals surface area contributed by atoms with Crippen LogP contribution in [-0.4, -0.2) is 16.3 Å². The topological polar surface area (TPSA) is 43.8 Å². The van der Waals surface area contributed by atoms with Gasteiger partial charge in [-0.2, -0.15) is 5.10 Å². The summed E-state index contributed by atoms with van der Waals surface area (Å²) in [5.41, 5.74) is 10.4. The lowest BCUT2D eigenvalue weighted by Crippen LogP contribution is -2.27. The number of fused-ring (bicyclic) bond motifs is 1. The first kappa shape index (κ1) is 13.2. The summed E-state index contributed by atoms with van der Waals surface area (Å²) in [5.74, 6) is 1.41. The van der Waals surface area contributed by atoms with Crippen LogP contribution in [-0.2, 0) is 12.0 Å². The number of hydrogen-bond donors (Lipinski definition) is 1. The minimum Gasteiger partial charge on any atom is -0.330 e. The molecule has 0 aliphatic heterocycles. The number of rotatable bonds is 3. The Morgan fingerprint density at radius 1 is 1.26 bits per heavy atom. The molecule has 0 aromatic carbocycles. The first-order chi connectivity index (χ1) is 9.02. The van der Waals surface area contributed by atoms with Crippen LogP contribution in [0.3, 0.4) is 0 Å². The van der Waals surface area contributed by atoms with Gasteiger partial charge in [0.05, 0.1) is 11.2 Å². The molecule has 1 atom stereocenters. The van der Waals surface area contributed by atoms with Crippen molar-refractivity contribution in [2.24, 2.45) is 5.73 Å². The molecule has 1 saturated carbocycles. The first-order valence-electron chi connectivity index (χ1n) is 7.84. The van der Waals surface area contributed by atoms with E-state index in [1.807, 2.05) is 0 Å². The van der Waals surface area contributed by atoms with Crippen molar-refractivity contribution in [3.63, 3.8) is 0 Å². The van der Waals surface area contributed by atoms with E-state index < -0.39 is 0 Å². The van der Waals surface area contributed by atoms with Crippen LogP contribution in [0, 0.1) is 0 Å². The Morgan fingerprint density at radius 3 is 2.58 bits per heavy atom. The van der Waals surface area contributed by atoms with Gasteiger partial charge in [0.1, 0.15) is 0 Å². The molecular weight excluding hydrogens is 234 g/mol. The van der Waals surface area contributed by atoms with Crippen LogP contribution in [0.5, 0.6) is 0 Å². The number of aromatic nitrogens is 2. The minimum atomic E-state index is 0.0990. The number of hydrogen-bond acceptors (Lipinski definition) is 2. The van der Waals surface area contributed by atoms with E-state index in [1.54, 1.807) is 5.56 Å². The van der Waals surface area contributed by atoms with Crippen molar-refractivity contribution in [2.75, 3.05) is 6.54 Å². The molecule has 1 fully saturated rings. The lowest BCUT2D eigenvalue weighted by Gasteiger charge is -2.27. The summed E-state index contributed by atoms with van der Waals surface area (Å²) < 4.78 is 2.32. The molecule has 3 rings (SSSR count). The van der Waals surface area contributed by atoms with E-state index in [2.05, 4.69) is 25.5 Å². The maximum absolute atomic E-state index is 5.82. The molecule has 1 heterocycles. The van der Waals surface area contributed by atoms with Crippen molar-refractivity contribution in [1.29, 1.82) is 0 Å². The summed E-state index contributed by atoms with van der Waals surface area (Å²) in [4.78, 5) is 0. The maximum atomic E-state index is 5.82. The second-order valence-electron chi connectivity index (χ2n) is 7.27. The first-order valence-corrected chi connectivity index (χ1v) is 7.84. The zero-order valence-corrected chi connectivity index (χ0v) is 12.6. The largest absolute Gasteiger partial charge is 0.330 e. The number of nitrogens with two attached hydrogens (primary N) is 1. The molecule has 3 heteroatoms. The fourth-order valence-corrected chi connectivity index (χ4v) is 3.53. The molecule has 106 valence electrons. The monoisotopic (exact) mass is 261 g/mol. The van der Waals surface area contributed by atoms with Crippen LogP contribution in [0.4, 0.5) is 0 Å². The molecule has 1 aromatic rings. The molecule has 0 spiro atoms. The number of nitrogens with zero attached hydrogens (tertiary/aromatic N) is 2. The van der Waals surface area contributed by atoms with E-state index in [-0.39, 0.29) is 5.54 Å². The molecule has 1 aromatic heterocycles. The summed E-state index contributed by atoms with van der Waals surface area (Å²) in [7, 11) is 0. The summed E-state index contributed by atoms with van der Waals surface area (Å²) in [6.45, 7) is 7.60. The summed E-state index contributed by atoms with van der Waals surface area (Å²) in [6, 6.07) is 0. The highest BCUT2D eigenvalue weighted by molar-refractivity contribution is 5.37. The van der Waals surface area contributed by atoms with Crippen molar-refractivity contribution >= 4 is 0 Å². The molecule has 1 unspecified atom stereocenters. The second kappa shape index (κ2) is 4.62. The molecule has 2 aliphatic rings. The highest BCUT2D eigenvalue weighted by Gasteiger charge is 2.37. The Balaban J connectivity index is 2.08. The van der Waals surface area contributed by atoms with Crippen LogP contribution < -0.4 is 5.73 Å². The molecule has 0 amide bonds. The second-order valence-corrected chi connectivity index (χ2v) is 7.27. The molecule has 0 saturated heterocycles. The maximum Gasteiger partial charge on any atom is 0.0693 e. The van der Waals surface area contributed by atoms with Gasteiger partial charge in [-0.25, -0.2) is 0 Å². The van der Waals surface area contributed by atoms with E-state index in [4.69, 9.17) is 10.8 Å². The van der Waals surface area contributed by atoms with Gasteiger partial charge < -0.3 is 5.73 Å². The Kier molecular flexibility index (Phi) is 3.20. The summed E-state index contributed by atoms with van der Waals surface area (Å²) >= 11 is 0. The van der Waals surface area contributed by atoms with Gasteiger partial charge in [-0.3, -0.25) is 4.68 Å². The summed E-state index contributed by atoms with van der Waals surface area (Å²) in [5, 5.41) is 5.03. The fraction of sp³-hybridized carbons (Fsp3) is 0.812. The standard InChI is InChI=1S/C16H27N3/c1-16(2,3)19-13-6-4-5-11(9-10-17)14(13)15(18-19)12-7-8-12/h11-12H,4-10,17H2,1-3H3. The predicted molar refractivity (Wildman–Crippen MR) is 78.5 cm³/mol. The van der Waals surface area contributed by atoms with E-state index in [0.717, 1.165) is 18.9 Å². The Bertz CT molecular complexity index is 463. The van der Waals surface area contributed by atoms with Crippen LogP contribution in [0.2, 0.25) is 0 Å². The van der Waals surface area contributed by atoms with E-state index in [1.165, 1.54) is 43.5 Å². The van der Waals surface area contributed by atoms with E-state index >= 15 is 0 Å². The third-order valence-electron chi connectivity index (χ3n) is 4.54. The van der Waals surface area contributed by atoms with Crippen molar-refractivity contribution in [3.8, 4) is 0 Å². The SMILES string of the molecule is CC(C)(C)n1nc(C2CC2)c2c1CCCC2CCN. The molecule has 0 bridgehead atoms. The van der Waals surface area contributed by atoms with Gasteiger partial charge in [-0.05, 0) is 77.3 Å². The smallest absolute Gasteiger partial charge is 0.0693 e.